The molecule has 1 N–H and O–H groups in total. The highest BCUT2D eigenvalue weighted by Gasteiger charge is 2.36. The van der Waals surface area contributed by atoms with Gasteiger partial charge in [0, 0.05) is 30.8 Å². The van der Waals surface area contributed by atoms with Crippen molar-refractivity contribution in [1.29, 1.82) is 0 Å². The van der Waals surface area contributed by atoms with Crippen molar-refractivity contribution < 1.29 is 28.5 Å². The molecule has 0 saturated carbocycles. The normalized spacial score (nSPS) is 15.7. The molecule has 2 aromatic carbocycles. The van der Waals surface area contributed by atoms with Crippen molar-refractivity contribution in [3.05, 3.63) is 35.4 Å². The van der Waals surface area contributed by atoms with Gasteiger partial charge in [-0.3, -0.25) is 9.59 Å². The fraction of sp³-hybridized carbons (Fsp3) is 0.333. The van der Waals surface area contributed by atoms with Gasteiger partial charge in [-0.2, -0.15) is 0 Å². The average Bonchev–Trinajstić information content (AvgIpc) is 3.14. The molecule has 1 aliphatic heterocycles. The fourth-order valence-corrected chi connectivity index (χ4v) is 3.60. The first-order valence-electron chi connectivity index (χ1n) is 9.16. The van der Waals surface area contributed by atoms with Crippen molar-refractivity contribution in [2.75, 3.05) is 45.2 Å². The first kappa shape index (κ1) is 21.6. The van der Waals surface area contributed by atoms with E-state index >= 15 is 0 Å². The van der Waals surface area contributed by atoms with Gasteiger partial charge < -0.3 is 29.2 Å². The lowest BCUT2D eigenvalue weighted by atomic mass is 10.1. The van der Waals surface area contributed by atoms with E-state index in [4.69, 9.17) is 30.5 Å². The Kier molecular flexibility index (Phi) is 6.56. The number of nitrogens with one attached hydrogen (secondary N) is 1. The molecule has 2 amide bonds. The maximum absolute atomic E-state index is 12.7. The standard InChI is InChI=1S/C21H23ClN2O6/c1-27-16-6-5-13(8-15(16)22)23-21(26)12-7-19(25)24(11-12)14-9-17(28-2)20(30-4)18(10-14)29-3/h5-6,8-10,12H,7,11H2,1-4H3,(H,23,26). The number of methoxy groups -OCH3 is 4. The number of halogens is 1. The number of benzene rings is 2. The Morgan fingerprint density at radius 3 is 2.17 bits per heavy atom. The molecule has 0 bridgehead atoms. The van der Waals surface area contributed by atoms with Crippen LogP contribution in [0.15, 0.2) is 30.3 Å². The molecule has 160 valence electrons. The summed E-state index contributed by atoms with van der Waals surface area (Å²) in [7, 11) is 6.03. The van der Waals surface area contributed by atoms with Gasteiger partial charge in [0.15, 0.2) is 11.5 Å². The molecule has 1 aliphatic rings. The molecule has 1 unspecified atom stereocenters. The van der Waals surface area contributed by atoms with Crippen LogP contribution in [0.4, 0.5) is 11.4 Å². The smallest absolute Gasteiger partial charge is 0.229 e. The number of rotatable bonds is 7. The topological polar surface area (TPSA) is 86.3 Å². The summed E-state index contributed by atoms with van der Waals surface area (Å²) >= 11 is 6.11. The molecule has 1 fully saturated rings. The van der Waals surface area contributed by atoms with Crippen LogP contribution in [0.25, 0.3) is 0 Å². The molecule has 1 heterocycles. The molecule has 0 spiro atoms. The highest BCUT2D eigenvalue weighted by molar-refractivity contribution is 6.32. The first-order valence-corrected chi connectivity index (χ1v) is 9.54. The van der Waals surface area contributed by atoms with Gasteiger partial charge in [0.1, 0.15) is 5.75 Å². The van der Waals surface area contributed by atoms with E-state index in [0.717, 1.165) is 0 Å². The SMILES string of the molecule is COc1ccc(NC(=O)C2CC(=O)N(c3cc(OC)c(OC)c(OC)c3)C2)cc1Cl. The molecule has 30 heavy (non-hydrogen) atoms. The van der Waals surface area contributed by atoms with Crippen LogP contribution in [0.1, 0.15) is 6.42 Å². The zero-order chi connectivity index (χ0) is 21.8. The molecule has 0 aliphatic carbocycles. The van der Waals surface area contributed by atoms with Crippen LogP contribution in [-0.2, 0) is 9.59 Å². The van der Waals surface area contributed by atoms with E-state index in [-0.39, 0.29) is 24.8 Å². The van der Waals surface area contributed by atoms with Gasteiger partial charge >= 0.3 is 0 Å². The average molecular weight is 435 g/mol. The largest absolute Gasteiger partial charge is 0.495 e. The van der Waals surface area contributed by atoms with Gasteiger partial charge in [-0.25, -0.2) is 0 Å². The fourth-order valence-electron chi connectivity index (χ4n) is 3.34. The molecule has 2 aromatic rings. The van der Waals surface area contributed by atoms with Crippen molar-refractivity contribution in [2.24, 2.45) is 5.92 Å². The number of carbonyl (C=O) groups excluding carboxylic acids is 2. The first-order chi connectivity index (χ1) is 14.4. The third-order valence-electron chi connectivity index (χ3n) is 4.88. The third kappa shape index (κ3) is 4.23. The van der Waals surface area contributed by atoms with Crippen LogP contribution >= 0.6 is 11.6 Å². The second-order valence-corrected chi connectivity index (χ2v) is 7.03. The van der Waals surface area contributed by atoms with Crippen LogP contribution in [0, 0.1) is 5.92 Å². The number of hydrogen-bond donors (Lipinski definition) is 1. The van der Waals surface area contributed by atoms with Gasteiger partial charge in [0.2, 0.25) is 17.6 Å². The minimum atomic E-state index is -0.516. The lowest BCUT2D eigenvalue weighted by Crippen LogP contribution is -2.28. The third-order valence-corrected chi connectivity index (χ3v) is 5.17. The highest BCUT2D eigenvalue weighted by Crippen LogP contribution is 2.42. The van der Waals surface area contributed by atoms with Crippen LogP contribution in [0.5, 0.6) is 23.0 Å². The molecule has 0 aromatic heterocycles. The molecule has 1 atom stereocenters. The molecule has 1 saturated heterocycles. The van der Waals surface area contributed by atoms with Crippen molar-refractivity contribution >= 4 is 34.8 Å². The molecular formula is C21H23ClN2O6. The zero-order valence-electron chi connectivity index (χ0n) is 17.2. The van der Waals surface area contributed by atoms with E-state index in [2.05, 4.69) is 5.32 Å². The summed E-state index contributed by atoms with van der Waals surface area (Å²) in [5, 5.41) is 3.19. The number of hydrogen-bond acceptors (Lipinski definition) is 6. The number of anilines is 2. The Labute approximate surface area is 179 Å². The molecule has 8 nitrogen and oxygen atoms in total. The quantitative estimate of drug-likeness (QED) is 0.719. The monoisotopic (exact) mass is 434 g/mol. The number of carbonyl (C=O) groups is 2. The van der Waals surface area contributed by atoms with Crippen molar-refractivity contribution in [3.8, 4) is 23.0 Å². The highest BCUT2D eigenvalue weighted by atomic mass is 35.5. The molecule has 3 rings (SSSR count). The lowest BCUT2D eigenvalue weighted by molar-refractivity contribution is -0.122. The van der Waals surface area contributed by atoms with Gasteiger partial charge in [-0.1, -0.05) is 11.6 Å². The Balaban J connectivity index is 1.78. The Morgan fingerprint density at radius 2 is 1.63 bits per heavy atom. The Morgan fingerprint density at radius 1 is 1.00 bits per heavy atom. The Hall–Kier alpha value is -3.13. The summed E-state index contributed by atoms with van der Waals surface area (Å²) in [6, 6.07) is 8.33. The van der Waals surface area contributed by atoms with E-state index < -0.39 is 5.92 Å². The van der Waals surface area contributed by atoms with Crippen LogP contribution < -0.4 is 29.2 Å². The van der Waals surface area contributed by atoms with Crippen LogP contribution in [0.3, 0.4) is 0 Å². The van der Waals surface area contributed by atoms with E-state index in [9.17, 15) is 9.59 Å². The van der Waals surface area contributed by atoms with Gasteiger partial charge in [-0.15, -0.1) is 0 Å². The maximum Gasteiger partial charge on any atom is 0.229 e. The molecule has 0 radical (unpaired) electrons. The lowest BCUT2D eigenvalue weighted by Gasteiger charge is -2.20. The summed E-state index contributed by atoms with van der Waals surface area (Å²) in [6.07, 6.45) is 0.0897. The predicted octanol–water partition coefficient (Wildman–Crippen LogP) is 3.37. The predicted molar refractivity (Wildman–Crippen MR) is 113 cm³/mol. The second kappa shape index (κ2) is 9.13. The van der Waals surface area contributed by atoms with Gasteiger partial charge in [0.05, 0.1) is 45.1 Å². The summed E-state index contributed by atoms with van der Waals surface area (Å²) in [5.74, 6) is 0.857. The summed E-state index contributed by atoms with van der Waals surface area (Å²) in [5.41, 5.74) is 1.10. The van der Waals surface area contributed by atoms with Crippen LogP contribution in [0.2, 0.25) is 5.02 Å². The summed E-state index contributed by atoms with van der Waals surface area (Å²) in [6.45, 7) is 0.229. The van der Waals surface area contributed by atoms with E-state index in [1.54, 1.807) is 30.3 Å². The summed E-state index contributed by atoms with van der Waals surface area (Å²) < 4.78 is 21.1. The van der Waals surface area contributed by atoms with Crippen molar-refractivity contribution in [1.82, 2.24) is 0 Å². The number of amides is 2. The minimum Gasteiger partial charge on any atom is -0.495 e. The zero-order valence-corrected chi connectivity index (χ0v) is 17.9. The van der Waals surface area contributed by atoms with E-state index in [1.807, 2.05) is 0 Å². The van der Waals surface area contributed by atoms with E-state index in [0.29, 0.717) is 39.4 Å². The Bertz CT molecular complexity index is 940. The maximum atomic E-state index is 12.7. The minimum absolute atomic E-state index is 0.0897. The second-order valence-electron chi connectivity index (χ2n) is 6.63. The number of ether oxygens (including phenoxy) is 4. The molecule has 9 heteroatoms. The van der Waals surface area contributed by atoms with Gasteiger partial charge in [0.25, 0.3) is 0 Å². The summed E-state index contributed by atoms with van der Waals surface area (Å²) in [4.78, 5) is 26.9. The van der Waals surface area contributed by atoms with E-state index in [1.165, 1.54) is 33.3 Å². The molecular weight excluding hydrogens is 412 g/mol. The van der Waals surface area contributed by atoms with Crippen molar-refractivity contribution in [3.63, 3.8) is 0 Å². The van der Waals surface area contributed by atoms with Crippen LogP contribution in [-0.4, -0.2) is 46.8 Å². The van der Waals surface area contributed by atoms with Crippen molar-refractivity contribution in [2.45, 2.75) is 6.42 Å². The van der Waals surface area contributed by atoms with Gasteiger partial charge in [-0.05, 0) is 18.2 Å². The number of nitrogens with zero attached hydrogens (tertiary/aromatic N) is 1.